The van der Waals surface area contributed by atoms with Gasteiger partial charge in [0, 0.05) is 6.04 Å². The summed E-state index contributed by atoms with van der Waals surface area (Å²) in [4.78, 5) is 0. The lowest BCUT2D eigenvalue weighted by atomic mass is 9.97. The van der Waals surface area contributed by atoms with Gasteiger partial charge in [-0.1, -0.05) is 18.6 Å². The molecule has 0 saturated heterocycles. The van der Waals surface area contributed by atoms with Gasteiger partial charge >= 0.3 is 0 Å². The molecule has 3 unspecified atom stereocenters. The highest BCUT2D eigenvalue weighted by Crippen LogP contribution is 2.62. The molecule has 0 bridgehead atoms. The van der Waals surface area contributed by atoms with E-state index in [9.17, 15) is 0 Å². The second kappa shape index (κ2) is 4.52. The van der Waals surface area contributed by atoms with Crippen LogP contribution in [-0.4, -0.2) is 13.2 Å². The van der Waals surface area contributed by atoms with Crippen molar-refractivity contribution in [2.45, 2.75) is 44.2 Å². The molecule has 3 saturated carbocycles. The topological polar surface area (TPSA) is 21.3 Å². The monoisotopic (exact) mass is 257 g/mol. The van der Waals surface area contributed by atoms with E-state index in [-0.39, 0.29) is 0 Å². The smallest absolute Gasteiger partial charge is 0.119 e. The van der Waals surface area contributed by atoms with Crippen molar-refractivity contribution in [3.63, 3.8) is 0 Å². The van der Waals surface area contributed by atoms with Crippen LogP contribution in [0.5, 0.6) is 5.75 Å². The van der Waals surface area contributed by atoms with Gasteiger partial charge in [0.1, 0.15) is 5.75 Å². The molecule has 4 rings (SSSR count). The molecule has 0 radical (unpaired) electrons. The Balaban J connectivity index is 1.47. The maximum absolute atomic E-state index is 5.82. The fraction of sp³-hybridized carbons (Fsp3) is 0.647. The summed E-state index contributed by atoms with van der Waals surface area (Å²) < 4.78 is 5.82. The second-order valence-electron chi connectivity index (χ2n) is 6.49. The SMILES string of the molecule is CNC(c1ccc(OC2CC2)cc1)C1C2CCCC21. The van der Waals surface area contributed by atoms with Crippen LogP contribution in [-0.2, 0) is 0 Å². The molecule has 3 aliphatic carbocycles. The zero-order valence-corrected chi connectivity index (χ0v) is 11.6. The lowest BCUT2D eigenvalue weighted by molar-refractivity contribution is 0.303. The molecule has 1 N–H and O–H groups in total. The molecule has 1 aromatic carbocycles. The van der Waals surface area contributed by atoms with Crippen LogP contribution in [0, 0.1) is 17.8 Å². The van der Waals surface area contributed by atoms with Gasteiger partial charge < -0.3 is 10.1 Å². The van der Waals surface area contributed by atoms with Gasteiger partial charge in [0.2, 0.25) is 0 Å². The molecule has 19 heavy (non-hydrogen) atoms. The number of rotatable bonds is 5. The van der Waals surface area contributed by atoms with Crippen LogP contribution in [0.4, 0.5) is 0 Å². The minimum Gasteiger partial charge on any atom is -0.490 e. The summed E-state index contributed by atoms with van der Waals surface area (Å²) in [6, 6.07) is 9.36. The van der Waals surface area contributed by atoms with Gasteiger partial charge in [-0.2, -0.15) is 0 Å². The van der Waals surface area contributed by atoms with Crippen LogP contribution in [0.1, 0.15) is 43.7 Å². The van der Waals surface area contributed by atoms with Gasteiger partial charge in [-0.15, -0.1) is 0 Å². The Bertz CT molecular complexity index is 441. The van der Waals surface area contributed by atoms with Crippen molar-refractivity contribution < 1.29 is 4.74 Å². The largest absolute Gasteiger partial charge is 0.490 e. The first kappa shape index (κ1) is 11.8. The van der Waals surface area contributed by atoms with Gasteiger partial charge in [0.05, 0.1) is 6.10 Å². The van der Waals surface area contributed by atoms with Crippen molar-refractivity contribution in [2.24, 2.45) is 17.8 Å². The summed E-state index contributed by atoms with van der Waals surface area (Å²) in [5, 5.41) is 3.54. The zero-order chi connectivity index (χ0) is 12.8. The second-order valence-corrected chi connectivity index (χ2v) is 6.49. The predicted octanol–water partition coefficient (Wildman–Crippen LogP) is 3.53. The van der Waals surface area contributed by atoms with E-state index in [1.807, 2.05) is 0 Å². The first-order chi connectivity index (χ1) is 9.36. The molecule has 0 aromatic heterocycles. The fourth-order valence-corrected chi connectivity index (χ4v) is 4.08. The molecule has 3 fully saturated rings. The van der Waals surface area contributed by atoms with Crippen molar-refractivity contribution in [3.8, 4) is 5.75 Å². The Morgan fingerprint density at radius 1 is 1.05 bits per heavy atom. The number of hydrogen-bond donors (Lipinski definition) is 1. The zero-order valence-electron chi connectivity index (χ0n) is 11.6. The first-order valence-electron chi connectivity index (χ1n) is 7.80. The number of fused-ring (bicyclic) bond motifs is 1. The lowest BCUT2D eigenvalue weighted by Gasteiger charge is -2.19. The Hall–Kier alpha value is -1.02. The average molecular weight is 257 g/mol. The van der Waals surface area contributed by atoms with Crippen molar-refractivity contribution >= 4 is 0 Å². The molecule has 2 nitrogen and oxygen atoms in total. The summed E-state index contributed by atoms with van der Waals surface area (Å²) in [5.74, 6) is 3.92. The maximum atomic E-state index is 5.82. The van der Waals surface area contributed by atoms with E-state index < -0.39 is 0 Å². The van der Waals surface area contributed by atoms with E-state index in [0.29, 0.717) is 12.1 Å². The molecule has 0 heterocycles. The molecule has 2 heteroatoms. The molecule has 3 atom stereocenters. The van der Waals surface area contributed by atoms with Crippen molar-refractivity contribution in [2.75, 3.05) is 7.05 Å². The van der Waals surface area contributed by atoms with E-state index in [1.54, 1.807) is 0 Å². The summed E-state index contributed by atoms with van der Waals surface area (Å²) in [5.41, 5.74) is 1.44. The normalized spacial score (nSPS) is 33.8. The van der Waals surface area contributed by atoms with E-state index >= 15 is 0 Å². The van der Waals surface area contributed by atoms with Crippen LogP contribution < -0.4 is 10.1 Å². The summed E-state index contributed by atoms with van der Waals surface area (Å²) >= 11 is 0. The maximum Gasteiger partial charge on any atom is 0.119 e. The van der Waals surface area contributed by atoms with E-state index in [2.05, 4.69) is 36.6 Å². The summed E-state index contributed by atoms with van der Waals surface area (Å²) in [7, 11) is 2.10. The molecule has 0 spiro atoms. The molecule has 0 aliphatic heterocycles. The highest BCUT2D eigenvalue weighted by Gasteiger charge is 2.55. The average Bonchev–Trinajstić information content (AvgIpc) is 3.32. The Labute approximate surface area is 115 Å². The highest BCUT2D eigenvalue weighted by molar-refractivity contribution is 5.31. The van der Waals surface area contributed by atoms with Crippen LogP contribution in [0.25, 0.3) is 0 Å². The third-order valence-corrected chi connectivity index (χ3v) is 5.23. The molecule has 3 aliphatic rings. The van der Waals surface area contributed by atoms with Gasteiger partial charge in [0.25, 0.3) is 0 Å². The Morgan fingerprint density at radius 2 is 1.74 bits per heavy atom. The number of ether oxygens (including phenoxy) is 1. The predicted molar refractivity (Wildman–Crippen MR) is 76.2 cm³/mol. The quantitative estimate of drug-likeness (QED) is 0.871. The summed E-state index contributed by atoms with van der Waals surface area (Å²) in [6.45, 7) is 0. The Morgan fingerprint density at radius 3 is 2.32 bits per heavy atom. The van der Waals surface area contributed by atoms with E-state index in [0.717, 1.165) is 23.5 Å². The molecular weight excluding hydrogens is 234 g/mol. The van der Waals surface area contributed by atoms with Crippen molar-refractivity contribution in [3.05, 3.63) is 29.8 Å². The van der Waals surface area contributed by atoms with Crippen molar-refractivity contribution in [1.29, 1.82) is 0 Å². The van der Waals surface area contributed by atoms with Crippen LogP contribution in [0.15, 0.2) is 24.3 Å². The molecule has 0 amide bonds. The third kappa shape index (κ3) is 2.16. The van der Waals surface area contributed by atoms with Gasteiger partial charge in [-0.05, 0) is 68.2 Å². The van der Waals surface area contributed by atoms with Crippen LogP contribution >= 0.6 is 0 Å². The fourth-order valence-electron chi connectivity index (χ4n) is 4.08. The third-order valence-electron chi connectivity index (χ3n) is 5.23. The van der Waals surface area contributed by atoms with Crippen molar-refractivity contribution in [1.82, 2.24) is 5.32 Å². The van der Waals surface area contributed by atoms with Crippen LogP contribution in [0.3, 0.4) is 0 Å². The molecule has 1 aromatic rings. The highest BCUT2D eigenvalue weighted by atomic mass is 16.5. The standard InChI is InChI=1S/C17H23NO/c1-18-17(16-14-3-2-4-15(14)16)11-5-7-12(8-6-11)19-13-9-10-13/h5-8,13-18H,2-4,9-10H2,1H3. The van der Waals surface area contributed by atoms with E-state index in [1.165, 1.54) is 37.7 Å². The number of nitrogens with one attached hydrogen (secondary N) is 1. The minimum atomic E-state index is 0.494. The van der Waals surface area contributed by atoms with Gasteiger partial charge in [-0.25, -0.2) is 0 Å². The van der Waals surface area contributed by atoms with Crippen LogP contribution in [0.2, 0.25) is 0 Å². The van der Waals surface area contributed by atoms with E-state index in [4.69, 9.17) is 4.74 Å². The number of hydrogen-bond acceptors (Lipinski definition) is 2. The summed E-state index contributed by atoms with van der Waals surface area (Å²) in [6.07, 6.45) is 7.32. The number of benzene rings is 1. The molecular formula is C17H23NO. The lowest BCUT2D eigenvalue weighted by Crippen LogP contribution is -2.20. The first-order valence-corrected chi connectivity index (χ1v) is 7.80. The van der Waals surface area contributed by atoms with Gasteiger partial charge in [0.15, 0.2) is 0 Å². The molecule has 102 valence electrons. The van der Waals surface area contributed by atoms with Gasteiger partial charge in [-0.3, -0.25) is 0 Å². The minimum absolute atomic E-state index is 0.494. The Kier molecular flexibility index (Phi) is 2.80.